The first-order valence-corrected chi connectivity index (χ1v) is 6.89. The van der Waals surface area contributed by atoms with Gasteiger partial charge in [0.2, 0.25) is 0 Å². The van der Waals surface area contributed by atoms with Crippen molar-refractivity contribution in [3.63, 3.8) is 0 Å². The fraction of sp³-hybridized carbons (Fsp3) is 0.385. The summed E-state index contributed by atoms with van der Waals surface area (Å²) in [5.41, 5.74) is 5.01. The maximum Gasteiger partial charge on any atom is 0.328 e. The number of aromatic amines is 1. The zero-order valence-corrected chi connectivity index (χ0v) is 12.1. The third kappa shape index (κ3) is 2.13. The molecule has 21 heavy (non-hydrogen) atoms. The van der Waals surface area contributed by atoms with Gasteiger partial charge in [-0.05, 0) is 12.5 Å². The van der Waals surface area contributed by atoms with Crippen LogP contribution in [0.4, 0.5) is 10.1 Å². The van der Waals surface area contributed by atoms with Gasteiger partial charge >= 0.3 is 5.69 Å². The Kier molecular flexibility index (Phi) is 3.26. The number of hydrogen-bond acceptors (Lipinski definition) is 4. The molecule has 0 saturated carbocycles. The Morgan fingerprint density at radius 3 is 2.81 bits per heavy atom. The molecule has 0 bridgehead atoms. The first-order chi connectivity index (χ1) is 9.90. The lowest BCUT2D eigenvalue weighted by atomic mass is 10.2. The highest BCUT2D eigenvalue weighted by Gasteiger charge is 2.26. The monoisotopic (exact) mass is 312 g/mol. The molecule has 0 spiro atoms. The van der Waals surface area contributed by atoms with Gasteiger partial charge in [-0.1, -0.05) is 11.6 Å². The second-order valence-corrected chi connectivity index (χ2v) is 5.61. The minimum atomic E-state index is -0.654. The predicted octanol–water partition coefficient (Wildman–Crippen LogP) is 0.557. The molecule has 8 heteroatoms. The van der Waals surface area contributed by atoms with Gasteiger partial charge in [0.25, 0.3) is 5.56 Å². The quantitative estimate of drug-likeness (QED) is 0.806. The third-order valence-electron chi connectivity index (χ3n) is 3.81. The number of nitrogens with one attached hydrogen (secondary N) is 1. The van der Waals surface area contributed by atoms with Crippen LogP contribution < -0.4 is 21.9 Å². The van der Waals surface area contributed by atoms with Crippen molar-refractivity contribution < 1.29 is 4.39 Å². The Bertz CT molecular complexity index is 845. The molecule has 2 heterocycles. The van der Waals surface area contributed by atoms with Gasteiger partial charge in [0.15, 0.2) is 0 Å². The lowest BCUT2D eigenvalue weighted by Gasteiger charge is -2.21. The van der Waals surface area contributed by atoms with Gasteiger partial charge in [0.1, 0.15) is 5.82 Å². The van der Waals surface area contributed by atoms with E-state index >= 15 is 0 Å². The largest absolute Gasteiger partial charge is 0.366 e. The van der Waals surface area contributed by atoms with Crippen molar-refractivity contribution in [1.82, 2.24) is 9.55 Å². The van der Waals surface area contributed by atoms with Crippen LogP contribution in [0.1, 0.15) is 6.42 Å². The molecule has 1 aromatic heterocycles. The maximum absolute atomic E-state index is 14.4. The molecule has 1 fully saturated rings. The second-order valence-electron chi connectivity index (χ2n) is 5.23. The summed E-state index contributed by atoms with van der Waals surface area (Å²) < 4.78 is 15.6. The summed E-state index contributed by atoms with van der Waals surface area (Å²) in [6.45, 7) is 1.07. The average Bonchev–Trinajstić information content (AvgIpc) is 2.82. The fourth-order valence-corrected chi connectivity index (χ4v) is 3.17. The van der Waals surface area contributed by atoms with Crippen LogP contribution in [-0.2, 0) is 7.05 Å². The molecule has 1 aliphatic heterocycles. The Hall–Kier alpha value is -1.86. The van der Waals surface area contributed by atoms with Crippen LogP contribution in [0.2, 0.25) is 5.02 Å². The number of H-pyrrole nitrogens is 1. The lowest BCUT2D eigenvalue weighted by molar-refractivity contribution is 0.623. The molecule has 0 amide bonds. The SMILES string of the molecule is Cn1c(=O)[nH]c(=O)c2cc(F)c(N3CCC(N)C3)c(Cl)c21. The zero-order valence-electron chi connectivity index (χ0n) is 11.3. The van der Waals surface area contributed by atoms with Crippen molar-refractivity contribution in [2.75, 3.05) is 18.0 Å². The standard InChI is InChI=1S/C13H14ClFN4O2/c1-18-10-7(12(20)17-13(18)21)4-8(15)11(9(10)14)19-3-2-6(16)5-19/h4,6H,2-3,5,16H2,1H3,(H,17,20,21). The Labute approximate surface area is 123 Å². The highest BCUT2D eigenvalue weighted by molar-refractivity contribution is 6.37. The normalized spacial score (nSPS) is 18.7. The average molecular weight is 313 g/mol. The number of anilines is 1. The molecule has 1 aliphatic rings. The van der Waals surface area contributed by atoms with Gasteiger partial charge in [-0.15, -0.1) is 0 Å². The van der Waals surface area contributed by atoms with Crippen molar-refractivity contribution in [1.29, 1.82) is 0 Å². The van der Waals surface area contributed by atoms with Crippen molar-refractivity contribution in [3.05, 3.63) is 37.7 Å². The van der Waals surface area contributed by atoms with Crippen molar-refractivity contribution in [2.45, 2.75) is 12.5 Å². The van der Waals surface area contributed by atoms with E-state index in [1.165, 1.54) is 11.6 Å². The first kappa shape index (κ1) is 14.1. The predicted molar refractivity (Wildman–Crippen MR) is 79.6 cm³/mol. The van der Waals surface area contributed by atoms with Crippen molar-refractivity contribution in [3.8, 4) is 0 Å². The molecule has 112 valence electrons. The molecular formula is C13H14ClFN4O2. The summed E-state index contributed by atoms with van der Waals surface area (Å²) in [6, 6.07) is 1.07. The Morgan fingerprint density at radius 1 is 1.48 bits per heavy atom. The molecule has 1 saturated heterocycles. The van der Waals surface area contributed by atoms with E-state index in [4.69, 9.17) is 17.3 Å². The smallest absolute Gasteiger partial charge is 0.328 e. The van der Waals surface area contributed by atoms with Crippen molar-refractivity contribution in [2.24, 2.45) is 12.8 Å². The van der Waals surface area contributed by atoms with E-state index in [-0.39, 0.29) is 27.7 Å². The van der Waals surface area contributed by atoms with Gasteiger partial charge in [-0.2, -0.15) is 0 Å². The van der Waals surface area contributed by atoms with Gasteiger partial charge in [-0.25, -0.2) is 9.18 Å². The van der Waals surface area contributed by atoms with E-state index in [0.29, 0.717) is 13.1 Å². The topological polar surface area (TPSA) is 84.1 Å². The number of benzene rings is 1. The summed E-state index contributed by atoms with van der Waals surface area (Å²) in [6.07, 6.45) is 0.738. The summed E-state index contributed by atoms with van der Waals surface area (Å²) in [4.78, 5) is 27.4. The van der Waals surface area contributed by atoms with Crippen LogP contribution in [0.3, 0.4) is 0 Å². The number of aromatic nitrogens is 2. The number of fused-ring (bicyclic) bond motifs is 1. The maximum atomic E-state index is 14.4. The van der Waals surface area contributed by atoms with Crippen LogP contribution in [0.25, 0.3) is 10.9 Å². The Balaban J connectivity index is 2.35. The van der Waals surface area contributed by atoms with Crippen LogP contribution in [0, 0.1) is 5.82 Å². The van der Waals surface area contributed by atoms with Gasteiger partial charge in [0.05, 0.1) is 21.6 Å². The number of rotatable bonds is 1. The summed E-state index contributed by atoms with van der Waals surface area (Å²) >= 11 is 6.29. The van der Waals surface area contributed by atoms with Crippen LogP contribution in [0.5, 0.6) is 0 Å². The lowest BCUT2D eigenvalue weighted by Crippen LogP contribution is -2.30. The minimum Gasteiger partial charge on any atom is -0.366 e. The Morgan fingerprint density at radius 2 is 2.19 bits per heavy atom. The molecule has 1 aromatic carbocycles. The zero-order chi connectivity index (χ0) is 15.3. The number of halogens is 2. The van der Waals surface area contributed by atoms with E-state index in [1.807, 2.05) is 0 Å². The van der Waals surface area contributed by atoms with E-state index in [2.05, 4.69) is 4.98 Å². The van der Waals surface area contributed by atoms with E-state index < -0.39 is 17.1 Å². The molecule has 2 aromatic rings. The number of nitrogens with two attached hydrogens (primary N) is 1. The van der Waals surface area contributed by atoms with Crippen LogP contribution in [-0.4, -0.2) is 28.7 Å². The summed E-state index contributed by atoms with van der Waals surface area (Å²) in [5, 5.41) is 0.108. The number of hydrogen-bond donors (Lipinski definition) is 2. The summed E-state index contributed by atoms with van der Waals surface area (Å²) in [5.74, 6) is -0.592. The van der Waals surface area contributed by atoms with Gasteiger partial charge in [0, 0.05) is 26.2 Å². The highest BCUT2D eigenvalue weighted by atomic mass is 35.5. The van der Waals surface area contributed by atoms with Crippen LogP contribution >= 0.6 is 11.6 Å². The first-order valence-electron chi connectivity index (χ1n) is 6.51. The molecule has 1 unspecified atom stereocenters. The highest BCUT2D eigenvalue weighted by Crippen LogP contribution is 2.35. The van der Waals surface area contributed by atoms with Gasteiger partial charge < -0.3 is 10.6 Å². The minimum absolute atomic E-state index is 0.0424. The van der Waals surface area contributed by atoms with E-state index in [9.17, 15) is 14.0 Å². The molecule has 6 nitrogen and oxygen atoms in total. The molecule has 1 atom stereocenters. The van der Waals surface area contributed by atoms with E-state index in [0.717, 1.165) is 12.5 Å². The van der Waals surface area contributed by atoms with Gasteiger partial charge in [-0.3, -0.25) is 14.3 Å². The fourth-order valence-electron chi connectivity index (χ4n) is 2.73. The molecule has 3 rings (SSSR count). The molecule has 3 N–H and O–H groups in total. The molecular weight excluding hydrogens is 299 g/mol. The third-order valence-corrected chi connectivity index (χ3v) is 4.17. The van der Waals surface area contributed by atoms with Crippen LogP contribution in [0.15, 0.2) is 15.7 Å². The number of aryl methyl sites for hydroxylation is 1. The number of nitrogens with zero attached hydrogens (tertiary/aromatic N) is 2. The molecule has 0 aliphatic carbocycles. The van der Waals surface area contributed by atoms with Crippen molar-refractivity contribution >= 4 is 28.2 Å². The molecule has 0 radical (unpaired) electrons. The summed E-state index contributed by atoms with van der Waals surface area (Å²) in [7, 11) is 1.48. The second kappa shape index (κ2) is 4.85. The van der Waals surface area contributed by atoms with E-state index in [1.54, 1.807) is 4.90 Å².